The van der Waals surface area contributed by atoms with Gasteiger partial charge in [-0.25, -0.2) is 4.68 Å². The summed E-state index contributed by atoms with van der Waals surface area (Å²) in [6.45, 7) is 4.42. The fourth-order valence-electron chi connectivity index (χ4n) is 3.70. The molecule has 0 saturated carbocycles. The van der Waals surface area contributed by atoms with E-state index >= 15 is 0 Å². The number of rotatable bonds is 6. The standard InChI is InChI=1S/C24H26N4O4S/c1-15(2)28-24(31)18-10-4-3-9-17(18)21(27-28)23(30)26-25-22(29)19-11-5-6-12-20(19)33-14-16-8-7-13-32-16/h3-6,9-12,15-16H,7-8,13-14H2,1-2H3,(H,25,29)(H,26,30). The zero-order valence-electron chi connectivity index (χ0n) is 18.5. The highest BCUT2D eigenvalue weighted by atomic mass is 32.2. The third-order valence-electron chi connectivity index (χ3n) is 5.40. The van der Waals surface area contributed by atoms with E-state index in [1.165, 1.54) is 4.68 Å². The van der Waals surface area contributed by atoms with Crippen molar-refractivity contribution < 1.29 is 14.3 Å². The summed E-state index contributed by atoms with van der Waals surface area (Å²) >= 11 is 1.56. The molecule has 172 valence electrons. The van der Waals surface area contributed by atoms with Crippen molar-refractivity contribution in [2.45, 2.75) is 43.7 Å². The number of hydrogen-bond acceptors (Lipinski definition) is 6. The fourth-order valence-corrected chi connectivity index (χ4v) is 4.82. The molecule has 1 saturated heterocycles. The van der Waals surface area contributed by atoms with Gasteiger partial charge in [-0.2, -0.15) is 5.10 Å². The summed E-state index contributed by atoms with van der Waals surface area (Å²) in [5.74, 6) is -0.262. The average molecular weight is 467 g/mol. The lowest BCUT2D eigenvalue weighted by Gasteiger charge is -2.15. The predicted octanol–water partition coefficient (Wildman–Crippen LogP) is 3.32. The first kappa shape index (κ1) is 23.0. The fraction of sp³-hybridized carbons (Fsp3) is 0.333. The second-order valence-electron chi connectivity index (χ2n) is 8.09. The number of hydrogen-bond donors (Lipinski definition) is 2. The Balaban J connectivity index is 1.51. The van der Waals surface area contributed by atoms with Crippen molar-refractivity contribution in [3.63, 3.8) is 0 Å². The molecule has 33 heavy (non-hydrogen) atoms. The third kappa shape index (κ3) is 5.09. The lowest BCUT2D eigenvalue weighted by atomic mass is 10.1. The van der Waals surface area contributed by atoms with E-state index in [0.717, 1.165) is 30.1 Å². The van der Waals surface area contributed by atoms with E-state index in [2.05, 4.69) is 16.0 Å². The van der Waals surface area contributed by atoms with Gasteiger partial charge in [0.2, 0.25) is 0 Å². The van der Waals surface area contributed by atoms with Crippen molar-refractivity contribution in [3.05, 3.63) is 70.1 Å². The Morgan fingerprint density at radius 3 is 2.52 bits per heavy atom. The average Bonchev–Trinajstić information content (AvgIpc) is 3.35. The van der Waals surface area contributed by atoms with Gasteiger partial charge < -0.3 is 4.74 Å². The Morgan fingerprint density at radius 1 is 1.09 bits per heavy atom. The Hall–Kier alpha value is -3.17. The first-order valence-corrected chi connectivity index (χ1v) is 11.9. The molecule has 9 heteroatoms. The number of aromatic nitrogens is 2. The van der Waals surface area contributed by atoms with Crippen molar-refractivity contribution in [3.8, 4) is 0 Å². The number of nitrogens with zero attached hydrogens (tertiary/aromatic N) is 2. The number of carbonyl (C=O) groups excluding carboxylic acids is 2. The molecule has 1 fully saturated rings. The maximum atomic E-state index is 12.9. The summed E-state index contributed by atoms with van der Waals surface area (Å²) in [7, 11) is 0. The van der Waals surface area contributed by atoms with E-state index < -0.39 is 11.8 Å². The molecule has 0 aliphatic carbocycles. The predicted molar refractivity (Wildman–Crippen MR) is 127 cm³/mol. The van der Waals surface area contributed by atoms with Gasteiger partial charge in [-0.1, -0.05) is 30.3 Å². The molecule has 0 bridgehead atoms. The summed E-state index contributed by atoms with van der Waals surface area (Å²) in [6, 6.07) is 13.8. The van der Waals surface area contributed by atoms with Crippen molar-refractivity contribution >= 4 is 34.3 Å². The molecule has 1 aromatic heterocycles. The van der Waals surface area contributed by atoms with Gasteiger partial charge in [-0.05, 0) is 44.9 Å². The number of fused-ring (bicyclic) bond motifs is 1. The SMILES string of the molecule is CC(C)n1nc(C(=O)NNC(=O)c2ccccc2SCC2CCCO2)c2ccccc2c1=O. The largest absolute Gasteiger partial charge is 0.377 e. The van der Waals surface area contributed by atoms with E-state index in [1.54, 1.807) is 48.2 Å². The van der Waals surface area contributed by atoms with Crippen LogP contribution in [-0.4, -0.2) is 40.1 Å². The molecule has 1 unspecified atom stereocenters. The zero-order valence-corrected chi connectivity index (χ0v) is 19.4. The molecule has 2 aromatic carbocycles. The normalized spacial score (nSPS) is 15.7. The van der Waals surface area contributed by atoms with Crippen LogP contribution < -0.4 is 16.4 Å². The maximum absolute atomic E-state index is 12.9. The number of thioether (sulfide) groups is 1. The summed E-state index contributed by atoms with van der Waals surface area (Å²) in [4.78, 5) is 39.3. The van der Waals surface area contributed by atoms with Crippen LogP contribution in [0.3, 0.4) is 0 Å². The summed E-state index contributed by atoms with van der Waals surface area (Å²) < 4.78 is 6.94. The second kappa shape index (κ2) is 10.2. The van der Waals surface area contributed by atoms with Crippen LogP contribution in [0.2, 0.25) is 0 Å². The minimum atomic E-state index is -0.599. The summed E-state index contributed by atoms with van der Waals surface area (Å²) in [5, 5.41) is 5.09. The molecule has 0 spiro atoms. The number of carbonyl (C=O) groups is 2. The van der Waals surface area contributed by atoms with Crippen molar-refractivity contribution in [1.29, 1.82) is 0 Å². The molecule has 3 aromatic rings. The van der Waals surface area contributed by atoms with Crippen molar-refractivity contribution in [1.82, 2.24) is 20.6 Å². The summed E-state index contributed by atoms with van der Waals surface area (Å²) in [6.07, 6.45) is 2.28. The minimum absolute atomic E-state index is 0.0697. The van der Waals surface area contributed by atoms with E-state index in [1.807, 2.05) is 26.0 Å². The molecule has 1 aliphatic rings. The van der Waals surface area contributed by atoms with Crippen LogP contribution >= 0.6 is 11.8 Å². The highest BCUT2D eigenvalue weighted by molar-refractivity contribution is 7.99. The van der Waals surface area contributed by atoms with Crippen molar-refractivity contribution in [2.24, 2.45) is 0 Å². The van der Waals surface area contributed by atoms with Gasteiger partial charge in [0.05, 0.1) is 23.1 Å². The van der Waals surface area contributed by atoms with Gasteiger partial charge in [0.1, 0.15) is 0 Å². The van der Waals surface area contributed by atoms with Crippen LogP contribution in [0.4, 0.5) is 0 Å². The smallest absolute Gasteiger partial charge is 0.290 e. The van der Waals surface area contributed by atoms with E-state index in [0.29, 0.717) is 16.3 Å². The van der Waals surface area contributed by atoms with Crippen LogP contribution in [0.1, 0.15) is 53.6 Å². The maximum Gasteiger partial charge on any atom is 0.290 e. The first-order chi connectivity index (χ1) is 16.0. The first-order valence-electron chi connectivity index (χ1n) is 10.9. The Bertz CT molecular complexity index is 1230. The molecule has 2 heterocycles. The van der Waals surface area contributed by atoms with Crippen LogP contribution in [0.25, 0.3) is 10.8 Å². The molecule has 4 rings (SSSR count). The molecular formula is C24H26N4O4S. The van der Waals surface area contributed by atoms with Crippen LogP contribution in [0.5, 0.6) is 0 Å². The Kier molecular flexibility index (Phi) is 7.10. The zero-order chi connectivity index (χ0) is 23.4. The van der Waals surface area contributed by atoms with Crippen LogP contribution in [-0.2, 0) is 4.74 Å². The molecule has 1 atom stereocenters. The van der Waals surface area contributed by atoms with Gasteiger partial charge in [-0.15, -0.1) is 11.8 Å². The number of hydrazine groups is 1. The van der Waals surface area contributed by atoms with E-state index in [9.17, 15) is 14.4 Å². The number of amides is 2. The Morgan fingerprint density at radius 2 is 1.79 bits per heavy atom. The molecule has 0 radical (unpaired) electrons. The lowest BCUT2D eigenvalue weighted by Crippen LogP contribution is -2.43. The topological polar surface area (TPSA) is 102 Å². The minimum Gasteiger partial charge on any atom is -0.377 e. The molecule has 1 aliphatic heterocycles. The summed E-state index contributed by atoms with van der Waals surface area (Å²) in [5.41, 5.74) is 5.20. The highest BCUT2D eigenvalue weighted by Crippen LogP contribution is 2.26. The third-order valence-corrected chi connectivity index (χ3v) is 6.61. The van der Waals surface area contributed by atoms with Crippen LogP contribution in [0, 0.1) is 0 Å². The van der Waals surface area contributed by atoms with Crippen molar-refractivity contribution in [2.75, 3.05) is 12.4 Å². The van der Waals surface area contributed by atoms with Gasteiger partial charge in [0.15, 0.2) is 5.69 Å². The van der Waals surface area contributed by atoms with Gasteiger partial charge in [-0.3, -0.25) is 25.2 Å². The van der Waals surface area contributed by atoms with Crippen LogP contribution in [0.15, 0.2) is 58.2 Å². The lowest BCUT2D eigenvalue weighted by molar-refractivity contribution is 0.0842. The van der Waals surface area contributed by atoms with Gasteiger partial charge in [0.25, 0.3) is 17.4 Å². The number of ether oxygens (including phenoxy) is 1. The van der Waals surface area contributed by atoms with E-state index in [-0.39, 0.29) is 23.4 Å². The Labute approximate surface area is 195 Å². The molecule has 2 N–H and O–H groups in total. The number of nitrogens with one attached hydrogen (secondary N) is 2. The van der Waals surface area contributed by atoms with E-state index in [4.69, 9.17) is 4.74 Å². The molecular weight excluding hydrogens is 440 g/mol. The monoisotopic (exact) mass is 466 g/mol. The molecule has 2 amide bonds. The molecule has 8 nitrogen and oxygen atoms in total. The second-order valence-corrected chi connectivity index (χ2v) is 9.15. The number of benzene rings is 2. The highest BCUT2D eigenvalue weighted by Gasteiger charge is 2.20. The van der Waals surface area contributed by atoms with Gasteiger partial charge in [0, 0.05) is 22.6 Å². The van der Waals surface area contributed by atoms with Gasteiger partial charge >= 0.3 is 0 Å². The quantitative estimate of drug-likeness (QED) is 0.427.